The Bertz CT molecular complexity index is 1050. The number of carbonyl (C=O) groups is 2. The molecule has 0 spiro atoms. The van der Waals surface area contributed by atoms with Gasteiger partial charge in [-0.1, -0.05) is 48.0 Å². The third-order valence-electron chi connectivity index (χ3n) is 3.86. The van der Waals surface area contributed by atoms with Gasteiger partial charge in [0.2, 0.25) is 0 Å². The average molecular weight is 427 g/mol. The fourth-order valence-electron chi connectivity index (χ4n) is 2.57. The molecule has 0 atom stereocenters. The Morgan fingerprint density at radius 3 is 2.48 bits per heavy atom. The highest BCUT2D eigenvalue weighted by molar-refractivity contribution is 6.38. The molecule has 1 aromatic heterocycles. The minimum Gasteiger partial charge on any atom is -0.451 e. The second-order valence-corrected chi connectivity index (χ2v) is 6.25. The van der Waals surface area contributed by atoms with E-state index in [0.29, 0.717) is 10.9 Å². The van der Waals surface area contributed by atoms with Gasteiger partial charge in [0.1, 0.15) is 11.4 Å². The first-order valence-electron chi connectivity index (χ1n) is 8.28. The topological polar surface area (TPSA) is 80.4 Å². The minimum atomic E-state index is -4.85. The summed E-state index contributed by atoms with van der Waals surface area (Å²) in [5.41, 5.74) is 0.753. The molecule has 0 bridgehead atoms. The van der Waals surface area contributed by atoms with Gasteiger partial charge in [-0.3, -0.25) is 4.79 Å². The van der Waals surface area contributed by atoms with E-state index in [1.54, 1.807) is 24.3 Å². The van der Waals surface area contributed by atoms with Crippen molar-refractivity contribution in [1.29, 1.82) is 0 Å². The Morgan fingerprint density at radius 1 is 1.07 bits per heavy atom. The van der Waals surface area contributed by atoms with E-state index in [9.17, 15) is 22.8 Å². The summed E-state index contributed by atoms with van der Waals surface area (Å²) in [5, 5.41) is 3.17. The minimum absolute atomic E-state index is 0.00425. The van der Waals surface area contributed by atoms with Crippen molar-refractivity contribution in [3.8, 4) is 5.75 Å². The van der Waals surface area contributed by atoms with E-state index < -0.39 is 30.6 Å². The van der Waals surface area contributed by atoms with Crippen molar-refractivity contribution in [3.05, 3.63) is 64.8 Å². The van der Waals surface area contributed by atoms with Gasteiger partial charge in [0.15, 0.2) is 6.61 Å². The van der Waals surface area contributed by atoms with Gasteiger partial charge in [0, 0.05) is 23.0 Å². The molecule has 3 aromatic rings. The molecular weight excluding hydrogens is 413 g/mol. The molecular formula is C19H14ClF3N2O4. The monoisotopic (exact) mass is 426 g/mol. The fraction of sp³-hybridized carbons (Fsp3) is 0.158. The number of aromatic nitrogens is 1. The van der Waals surface area contributed by atoms with E-state index in [-0.39, 0.29) is 22.8 Å². The molecule has 6 nitrogen and oxygen atoms in total. The number of hydrogen-bond acceptors (Lipinski definition) is 4. The van der Waals surface area contributed by atoms with Crippen LogP contribution in [0.2, 0.25) is 5.02 Å². The Labute approximate surface area is 167 Å². The number of aromatic amines is 1. The van der Waals surface area contributed by atoms with E-state index >= 15 is 0 Å². The van der Waals surface area contributed by atoms with E-state index in [0.717, 1.165) is 6.07 Å². The van der Waals surface area contributed by atoms with Crippen molar-refractivity contribution in [2.45, 2.75) is 12.9 Å². The number of fused-ring (bicyclic) bond motifs is 1. The highest BCUT2D eigenvalue weighted by atomic mass is 35.5. The van der Waals surface area contributed by atoms with Crippen molar-refractivity contribution in [2.75, 3.05) is 6.61 Å². The molecule has 1 heterocycles. The lowest BCUT2D eigenvalue weighted by atomic mass is 10.2. The van der Waals surface area contributed by atoms with Crippen LogP contribution in [0.25, 0.3) is 10.9 Å². The zero-order chi connectivity index (χ0) is 21.0. The summed E-state index contributed by atoms with van der Waals surface area (Å²) in [4.78, 5) is 26.9. The number of rotatable bonds is 6. The predicted octanol–water partition coefficient (Wildman–Crippen LogP) is 4.19. The lowest BCUT2D eigenvalue weighted by molar-refractivity contribution is -0.274. The number of para-hydroxylation sites is 2. The molecule has 0 saturated heterocycles. The van der Waals surface area contributed by atoms with Crippen LogP contribution < -0.4 is 10.1 Å². The van der Waals surface area contributed by atoms with Crippen LogP contribution in [0.1, 0.15) is 16.1 Å². The number of nitrogens with one attached hydrogen (secondary N) is 2. The Kier molecular flexibility index (Phi) is 5.97. The molecule has 0 radical (unpaired) electrons. The van der Waals surface area contributed by atoms with E-state index in [2.05, 4.69) is 15.0 Å². The van der Waals surface area contributed by atoms with Gasteiger partial charge in [-0.05, 0) is 12.1 Å². The summed E-state index contributed by atoms with van der Waals surface area (Å²) < 4.78 is 46.1. The normalized spacial score (nSPS) is 11.3. The van der Waals surface area contributed by atoms with Crippen LogP contribution >= 0.6 is 11.6 Å². The third-order valence-corrected chi connectivity index (χ3v) is 4.25. The fourth-order valence-corrected chi connectivity index (χ4v) is 2.86. The molecule has 0 aliphatic heterocycles. The maximum atomic E-state index is 12.4. The molecule has 2 N–H and O–H groups in total. The van der Waals surface area contributed by atoms with Crippen LogP contribution in [0.3, 0.4) is 0 Å². The van der Waals surface area contributed by atoms with Crippen LogP contribution in [0, 0.1) is 0 Å². The number of benzene rings is 2. The second kappa shape index (κ2) is 8.44. The van der Waals surface area contributed by atoms with Crippen LogP contribution in [0.4, 0.5) is 13.2 Å². The Morgan fingerprint density at radius 2 is 1.76 bits per heavy atom. The maximum absolute atomic E-state index is 12.4. The summed E-state index contributed by atoms with van der Waals surface area (Å²) in [7, 11) is 0. The first-order valence-corrected chi connectivity index (χ1v) is 8.66. The van der Waals surface area contributed by atoms with E-state index in [1.165, 1.54) is 18.2 Å². The number of H-pyrrole nitrogens is 1. The number of halogens is 4. The summed E-state index contributed by atoms with van der Waals surface area (Å²) >= 11 is 6.14. The van der Waals surface area contributed by atoms with Crippen molar-refractivity contribution >= 4 is 34.4 Å². The molecule has 2 aromatic carbocycles. The molecule has 10 heteroatoms. The standard InChI is InChI=1S/C19H14ClF3N2O4/c20-16-12-6-2-3-7-13(12)25-17(16)18(27)28-10-15(26)24-9-11-5-1-4-8-14(11)29-19(21,22)23/h1-8,25H,9-10H2,(H,24,26). The van der Waals surface area contributed by atoms with Gasteiger partial charge in [-0.15, -0.1) is 13.2 Å². The van der Waals surface area contributed by atoms with Gasteiger partial charge in [-0.2, -0.15) is 0 Å². The number of amides is 1. The number of carbonyl (C=O) groups excluding carboxylic acids is 2. The van der Waals surface area contributed by atoms with Crippen molar-refractivity contribution in [1.82, 2.24) is 10.3 Å². The summed E-state index contributed by atoms with van der Waals surface area (Å²) in [6, 6.07) is 12.3. The van der Waals surface area contributed by atoms with Crippen LogP contribution in [-0.4, -0.2) is 29.8 Å². The first kappa shape index (κ1) is 20.5. The summed E-state index contributed by atoms with van der Waals surface area (Å²) in [6.45, 7) is -0.872. The van der Waals surface area contributed by atoms with Crippen molar-refractivity contribution in [2.24, 2.45) is 0 Å². The zero-order valence-electron chi connectivity index (χ0n) is 14.7. The molecule has 152 valence electrons. The molecule has 0 aliphatic rings. The smallest absolute Gasteiger partial charge is 0.451 e. The Balaban J connectivity index is 1.56. The van der Waals surface area contributed by atoms with Gasteiger partial charge >= 0.3 is 12.3 Å². The highest BCUT2D eigenvalue weighted by Crippen LogP contribution is 2.28. The lowest BCUT2D eigenvalue weighted by Gasteiger charge is -2.13. The van der Waals surface area contributed by atoms with Crippen LogP contribution in [0.5, 0.6) is 5.75 Å². The average Bonchev–Trinajstić information content (AvgIpc) is 3.01. The molecule has 0 unspecified atom stereocenters. The van der Waals surface area contributed by atoms with E-state index in [1.807, 2.05) is 0 Å². The van der Waals surface area contributed by atoms with Crippen molar-refractivity contribution < 1.29 is 32.2 Å². The maximum Gasteiger partial charge on any atom is 0.573 e. The molecule has 0 aliphatic carbocycles. The van der Waals surface area contributed by atoms with Gasteiger partial charge < -0.3 is 19.8 Å². The second-order valence-electron chi connectivity index (χ2n) is 5.87. The number of hydrogen-bond donors (Lipinski definition) is 2. The quantitative estimate of drug-likeness (QED) is 0.579. The first-order chi connectivity index (χ1) is 13.7. The zero-order valence-corrected chi connectivity index (χ0v) is 15.4. The van der Waals surface area contributed by atoms with Gasteiger partial charge in [0.25, 0.3) is 5.91 Å². The highest BCUT2D eigenvalue weighted by Gasteiger charge is 2.32. The summed E-state index contributed by atoms with van der Waals surface area (Å²) in [6.07, 6.45) is -4.85. The molecule has 0 saturated carbocycles. The summed E-state index contributed by atoms with van der Waals surface area (Å²) in [5.74, 6) is -1.96. The van der Waals surface area contributed by atoms with Crippen LogP contribution in [0.15, 0.2) is 48.5 Å². The molecule has 29 heavy (non-hydrogen) atoms. The molecule has 1 amide bonds. The SMILES string of the molecule is O=C(COC(=O)c1[nH]c2ccccc2c1Cl)NCc1ccccc1OC(F)(F)F. The molecule has 3 rings (SSSR count). The van der Waals surface area contributed by atoms with Gasteiger partial charge in [-0.25, -0.2) is 4.79 Å². The van der Waals surface area contributed by atoms with E-state index in [4.69, 9.17) is 16.3 Å². The number of ether oxygens (including phenoxy) is 2. The lowest BCUT2D eigenvalue weighted by Crippen LogP contribution is -2.29. The largest absolute Gasteiger partial charge is 0.573 e. The van der Waals surface area contributed by atoms with Crippen LogP contribution in [-0.2, 0) is 16.1 Å². The third kappa shape index (κ3) is 5.20. The number of esters is 1. The Hall–Kier alpha value is -3.20. The number of alkyl halides is 3. The molecule has 0 fully saturated rings. The predicted molar refractivity (Wildman–Crippen MR) is 98.6 cm³/mol. The van der Waals surface area contributed by atoms with Crippen molar-refractivity contribution in [3.63, 3.8) is 0 Å². The van der Waals surface area contributed by atoms with Gasteiger partial charge in [0.05, 0.1) is 5.02 Å².